The first-order chi connectivity index (χ1) is 14.6. The molecule has 158 valence electrons. The molecule has 0 unspecified atom stereocenters. The predicted octanol–water partition coefficient (Wildman–Crippen LogP) is 5.06. The molecule has 1 saturated carbocycles. The Morgan fingerprint density at radius 1 is 1.13 bits per heavy atom. The van der Waals surface area contributed by atoms with E-state index in [1.807, 2.05) is 59.3 Å². The van der Waals surface area contributed by atoms with Crippen LogP contribution in [0.15, 0.2) is 47.8 Å². The Morgan fingerprint density at radius 2 is 1.87 bits per heavy atom. The number of nitrogens with zero attached hydrogens (tertiary/aromatic N) is 2. The van der Waals surface area contributed by atoms with Gasteiger partial charge in [-0.2, -0.15) is 0 Å². The summed E-state index contributed by atoms with van der Waals surface area (Å²) in [5.74, 6) is 0.643. The third kappa shape index (κ3) is 4.29. The Kier molecular flexibility index (Phi) is 6.23. The van der Waals surface area contributed by atoms with Gasteiger partial charge in [-0.05, 0) is 68.2 Å². The van der Waals surface area contributed by atoms with Gasteiger partial charge in [0.05, 0.1) is 10.2 Å². The minimum absolute atomic E-state index is 0.0204. The maximum absolute atomic E-state index is 13.2. The topological polar surface area (TPSA) is 54.3 Å². The van der Waals surface area contributed by atoms with Gasteiger partial charge >= 0.3 is 0 Å². The summed E-state index contributed by atoms with van der Waals surface area (Å²) < 4.78 is 2.91. The van der Waals surface area contributed by atoms with Gasteiger partial charge in [0.25, 0.3) is 5.91 Å². The first-order valence-electron chi connectivity index (χ1n) is 10.8. The number of nitrogens with one attached hydrogen (secondary N) is 1. The number of carbonyl (C=O) groups excluding carboxylic acids is 2. The van der Waals surface area contributed by atoms with Crippen LogP contribution in [0.5, 0.6) is 0 Å². The number of rotatable bonds is 6. The number of anilines is 1. The van der Waals surface area contributed by atoms with Gasteiger partial charge in [0, 0.05) is 18.3 Å². The molecule has 1 aliphatic rings. The lowest BCUT2D eigenvalue weighted by Gasteiger charge is -2.27. The molecule has 0 spiro atoms. The van der Waals surface area contributed by atoms with Crippen LogP contribution in [0.1, 0.15) is 50.0 Å². The Bertz CT molecular complexity index is 1020. The number of thiophene rings is 1. The largest absolute Gasteiger partial charge is 0.348 e. The van der Waals surface area contributed by atoms with E-state index in [1.54, 1.807) is 16.2 Å². The molecule has 5 nitrogen and oxygen atoms in total. The molecule has 4 rings (SSSR count). The van der Waals surface area contributed by atoms with Crippen molar-refractivity contribution >= 4 is 39.1 Å². The molecule has 2 heterocycles. The lowest BCUT2D eigenvalue weighted by Crippen LogP contribution is -2.39. The van der Waals surface area contributed by atoms with E-state index in [1.165, 1.54) is 0 Å². The highest BCUT2D eigenvalue weighted by Crippen LogP contribution is 2.27. The first kappa shape index (κ1) is 20.7. The van der Waals surface area contributed by atoms with Gasteiger partial charge < -0.3 is 14.8 Å². The Balaban J connectivity index is 1.56. The molecule has 2 amide bonds. The maximum atomic E-state index is 13.2. The van der Waals surface area contributed by atoms with Crippen LogP contribution in [0.2, 0.25) is 0 Å². The summed E-state index contributed by atoms with van der Waals surface area (Å²) >= 11 is 1.60. The summed E-state index contributed by atoms with van der Waals surface area (Å²) in [4.78, 5) is 28.1. The Labute approximate surface area is 181 Å². The van der Waals surface area contributed by atoms with E-state index in [0.717, 1.165) is 47.5 Å². The maximum Gasteiger partial charge on any atom is 0.268 e. The number of para-hydroxylation sites is 1. The first-order valence-corrected chi connectivity index (χ1v) is 11.7. The summed E-state index contributed by atoms with van der Waals surface area (Å²) in [6.45, 7) is 4.97. The summed E-state index contributed by atoms with van der Waals surface area (Å²) in [6.07, 6.45) is 4.36. The molecule has 0 radical (unpaired) electrons. The molecule has 1 fully saturated rings. The zero-order valence-electron chi connectivity index (χ0n) is 17.6. The smallest absolute Gasteiger partial charge is 0.268 e. The molecule has 0 aliphatic heterocycles. The van der Waals surface area contributed by atoms with Crippen molar-refractivity contribution in [1.82, 2.24) is 9.88 Å². The second kappa shape index (κ2) is 9.04. The van der Waals surface area contributed by atoms with Crippen LogP contribution in [0.4, 0.5) is 5.69 Å². The van der Waals surface area contributed by atoms with E-state index in [0.29, 0.717) is 12.2 Å². The highest BCUT2D eigenvalue weighted by Gasteiger charge is 2.24. The molecule has 0 atom stereocenters. The average Bonchev–Trinajstić information content (AvgIpc) is 3.34. The number of fused-ring (bicyclic) bond motifs is 1. The average molecular weight is 424 g/mol. The highest BCUT2D eigenvalue weighted by atomic mass is 32.1. The van der Waals surface area contributed by atoms with Crippen molar-refractivity contribution in [3.05, 3.63) is 53.5 Å². The minimum Gasteiger partial charge on any atom is -0.348 e. The molecular weight excluding hydrogens is 394 g/mol. The lowest BCUT2D eigenvalue weighted by atomic mass is 9.87. The van der Waals surface area contributed by atoms with Crippen LogP contribution in [0, 0.1) is 5.92 Å². The van der Waals surface area contributed by atoms with Crippen molar-refractivity contribution in [2.75, 3.05) is 11.4 Å². The minimum atomic E-state index is -0.0755. The molecule has 6 heteroatoms. The summed E-state index contributed by atoms with van der Waals surface area (Å²) in [7, 11) is 0. The number of amides is 2. The molecule has 0 saturated heterocycles. The number of benzene rings is 1. The SMILES string of the molecule is CCN(C(=O)Cn1c(C(=O)N[C@H]2CC[C@H](C)CC2)cc2sccc21)c1ccccc1. The van der Waals surface area contributed by atoms with Crippen LogP contribution in [-0.2, 0) is 11.3 Å². The molecule has 1 N–H and O–H groups in total. The molecule has 2 aromatic heterocycles. The van der Waals surface area contributed by atoms with Gasteiger partial charge in [0.15, 0.2) is 0 Å². The molecule has 3 aromatic rings. The van der Waals surface area contributed by atoms with Gasteiger partial charge in [-0.15, -0.1) is 11.3 Å². The van der Waals surface area contributed by atoms with Crippen LogP contribution in [-0.4, -0.2) is 29.0 Å². The summed E-state index contributed by atoms with van der Waals surface area (Å²) in [5.41, 5.74) is 2.40. The predicted molar refractivity (Wildman–Crippen MR) is 123 cm³/mol. The molecule has 1 aromatic carbocycles. The van der Waals surface area contributed by atoms with Gasteiger partial charge in [0.2, 0.25) is 5.91 Å². The monoisotopic (exact) mass is 423 g/mol. The van der Waals surface area contributed by atoms with E-state index in [-0.39, 0.29) is 24.4 Å². The molecular formula is C24H29N3O2S. The Hall–Kier alpha value is -2.60. The van der Waals surface area contributed by atoms with Gasteiger partial charge in [-0.1, -0.05) is 25.1 Å². The third-order valence-corrected chi connectivity index (χ3v) is 6.94. The van der Waals surface area contributed by atoms with Crippen molar-refractivity contribution in [1.29, 1.82) is 0 Å². The number of likely N-dealkylation sites (N-methyl/N-ethyl adjacent to an activating group) is 1. The number of hydrogen-bond acceptors (Lipinski definition) is 3. The van der Waals surface area contributed by atoms with Gasteiger partial charge in [-0.3, -0.25) is 9.59 Å². The normalized spacial score (nSPS) is 19.0. The second-order valence-electron chi connectivity index (χ2n) is 8.19. The lowest BCUT2D eigenvalue weighted by molar-refractivity contribution is -0.119. The second-order valence-corrected chi connectivity index (χ2v) is 9.14. The van der Waals surface area contributed by atoms with Crippen molar-refractivity contribution in [3.63, 3.8) is 0 Å². The third-order valence-electron chi connectivity index (χ3n) is 6.09. The number of hydrogen-bond donors (Lipinski definition) is 1. The molecule has 0 bridgehead atoms. The number of carbonyl (C=O) groups is 2. The fourth-order valence-corrected chi connectivity index (χ4v) is 5.15. The van der Waals surface area contributed by atoms with Crippen LogP contribution < -0.4 is 10.2 Å². The van der Waals surface area contributed by atoms with Crippen LogP contribution in [0.25, 0.3) is 10.2 Å². The van der Waals surface area contributed by atoms with Crippen molar-refractivity contribution in [3.8, 4) is 0 Å². The summed E-state index contributed by atoms with van der Waals surface area (Å²) in [6, 6.07) is 13.8. The Morgan fingerprint density at radius 3 is 2.57 bits per heavy atom. The molecule has 1 aliphatic carbocycles. The quantitative estimate of drug-likeness (QED) is 0.602. The van der Waals surface area contributed by atoms with Crippen LogP contribution >= 0.6 is 11.3 Å². The molecule has 30 heavy (non-hydrogen) atoms. The van der Waals surface area contributed by atoms with E-state index in [2.05, 4.69) is 12.2 Å². The van der Waals surface area contributed by atoms with Crippen molar-refractivity contribution in [2.45, 2.75) is 52.1 Å². The standard InChI is InChI=1S/C24H29N3O2S/c1-3-26(19-7-5-4-6-8-19)23(28)16-27-20-13-14-30-22(20)15-21(27)24(29)25-18-11-9-17(2)10-12-18/h4-8,13-15,17-18H,3,9-12,16H2,1-2H3,(H,25,29)/t17-,18-. The fourth-order valence-electron chi connectivity index (χ4n) is 4.33. The van der Waals surface area contributed by atoms with Gasteiger partial charge in [-0.25, -0.2) is 0 Å². The summed E-state index contributed by atoms with van der Waals surface area (Å²) in [5, 5.41) is 5.22. The zero-order valence-corrected chi connectivity index (χ0v) is 18.5. The number of aromatic nitrogens is 1. The fraction of sp³-hybridized carbons (Fsp3) is 0.417. The highest BCUT2D eigenvalue weighted by molar-refractivity contribution is 7.17. The van der Waals surface area contributed by atoms with E-state index in [9.17, 15) is 9.59 Å². The van der Waals surface area contributed by atoms with E-state index >= 15 is 0 Å². The van der Waals surface area contributed by atoms with E-state index in [4.69, 9.17) is 0 Å². The van der Waals surface area contributed by atoms with Crippen molar-refractivity contribution < 1.29 is 9.59 Å². The van der Waals surface area contributed by atoms with Gasteiger partial charge in [0.1, 0.15) is 12.2 Å². The zero-order chi connectivity index (χ0) is 21.1. The van der Waals surface area contributed by atoms with Crippen molar-refractivity contribution in [2.24, 2.45) is 5.92 Å². The van der Waals surface area contributed by atoms with E-state index < -0.39 is 0 Å². The van der Waals surface area contributed by atoms with Crippen LogP contribution in [0.3, 0.4) is 0 Å².